The van der Waals surface area contributed by atoms with Gasteiger partial charge in [-0.05, 0) is 72.8 Å². The lowest BCUT2D eigenvalue weighted by atomic mass is 9.82. The van der Waals surface area contributed by atoms with Gasteiger partial charge in [0.25, 0.3) is 0 Å². The normalized spacial score (nSPS) is 13.5. The van der Waals surface area contributed by atoms with Crippen molar-refractivity contribution < 1.29 is 0 Å². The molecule has 0 spiro atoms. The molecular weight excluding hydrogens is 520 g/mol. The van der Waals surface area contributed by atoms with Gasteiger partial charge in [0, 0.05) is 16.5 Å². The fraction of sp³-hybridized carbons (Fsp3) is 0.0732. The molecule has 0 fully saturated rings. The average molecular weight is 549 g/mol. The van der Waals surface area contributed by atoms with Gasteiger partial charge in [0.15, 0.2) is 0 Å². The molecule has 2 nitrogen and oxygen atoms in total. The van der Waals surface area contributed by atoms with Crippen molar-refractivity contribution in [1.29, 1.82) is 0 Å². The first-order chi connectivity index (χ1) is 21.1. The van der Waals surface area contributed by atoms with Crippen LogP contribution in [0.15, 0.2) is 133 Å². The number of para-hydroxylation sites is 2. The lowest BCUT2D eigenvalue weighted by Gasteiger charge is -2.21. The molecule has 0 N–H and O–H groups in total. The maximum absolute atomic E-state index is 5.15. The van der Waals surface area contributed by atoms with Crippen LogP contribution < -0.4 is 0 Å². The molecule has 9 rings (SSSR count). The molecule has 0 unspecified atom stereocenters. The molecule has 202 valence electrons. The van der Waals surface area contributed by atoms with Crippen molar-refractivity contribution in [2.24, 2.45) is 0 Å². The summed E-state index contributed by atoms with van der Waals surface area (Å²) in [4.78, 5) is 10.2. The highest BCUT2D eigenvalue weighted by Crippen LogP contribution is 2.52. The molecule has 1 aromatic heterocycles. The second-order valence-electron chi connectivity index (χ2n) is 12.2. The Morgan fingerprint density at radius 3 is 1.91 bits per heavy atom. The third kappa shape index (κ3) is 3.47. The summed E-state index contributed by atoms with van der Waals surface area (Å²) in [6, 6.07) is 48.0. The number of hydrogen-bond donors (Lipinski definition) is 0. The summed E-state index contributed by atoms with van der Waals surface area (Å²) in [6.07, 6.45) is 0. The van der Waals surface area contributed by atoms with E-state index in [0.29, 0.717) is 0 Å². The first-order valence-corrected chi connectivity index (χ1v) is 14.9. The van der Waals surface area contributed by atoms with Gasteiger partial charge in [0.1, 0.15) is 0 Å². The largest absolute Gasteiger partial charge is 0.244 e. The molecule has 0 amide bonds. The molecule has 1 aliphatic rings. The van der Waals surface area contributed by atoms with E-state index in [0.717, 1.165) is 33.5 Å². The summed E-state index contributed by atoms with van der Waals surface area (Å²) in [5.74, 6) is 0. The smallest absolute Gasteiger partial charge is 0.0973 e. The first-order valence-electron chi connectivity index (χ1n) is 14.9. The summed E-state index contributed by atoms with van der Waals surface area (Å²) in [6.45, 7) is 4.70. The lowest BCUT2D eigenvalue weighted by Crippen LogP contribution is -2.14. The minimum atomic E-state index is -0.0138. The Balaban J connectivity index is 1.30. The Labute approximate surface area is 250 Å². The summed E-state index contributed by atoms with van der Waals surface area (Å²) in [5.41, 5.74) is 11.3. The number of benzene rings is 7. The molecule has 7 aromatic carbocycles. The monoisotopic (exact) mass is 548 g/mol. The Morgan fingerprint density at radius 1 is 0.465 bits per heavy atom. The van der Waals surface area contributed by atoms with Crippen LogP contribution in [0.4, 0.5) is 0 Å². The van der Waals surface area contributed by atoms with E-state index in [1.54, 1.807) is 0 Å². The second kappa shape index (κ2) is 8.83. The molecule has 1 heterocycles. The van der Waals surface area contributed by atoms with Crippen molar-refractivity contribution in [3.63, 3.8) is 0 Å². The van der Waals surface area contributed by atoms with Gasteiger partial charge in [0.2, 0.25) is 0 Å². The predicted octanol–water partition coefficient (Wildman–Crippen LogP) is 10.7. The van der Waals surface area contributed by atoms with Crippen molar-refractivity contribution in [1.82, 2.24) is 9.97 Å². The van der Waals surface area contributed by atoms with E-state index in [-0.39, 0.29) is 5.41 Å². The van der Waals surface area contributed by atoms with Crippen LogP contribution in [-0.2, 0) is 5.41 Å². The zero-order valence-corrected chi connectivity index (χ0v) is 24.1. The fourth-order valence-electron chi connectivity index (χ4n) is 7.32. The van der Waals surface area contributed by atoms with Crippen molar-refractivity contribution in [3.05, 3.63) is 145 Å². The van der Waals surface area contributed by atoms with E-state index in [2.05, 4.69) is 117 Å². The van der Waals surface area contributed by atoms with E-state index in [1.807, 2.05) is 30.3 Å². The Morgan fingerprint density at radius 2 is 1.09 bits per heavy atom. The third-order valence-corrected chi connectivity index (χ3v) is 9.43. The van der Waals surface area contributed by atoms with E-state index in [4.69, 9.17) is 9.97 Å². The van der Waals surface area contributed by atoms with Crippen LogP contribution in [-0.4, -0.2) is 9.97 Å². The average Bonchev–Trinajstić information content (AvgIpc) is 3.30. The van der Waals surface area contributed by atoms with Gasteiger partial charge in [-0.15, -0.1) is 0 Å². The summed E-state index contributed by atoms with van der Waals surface area (Å²) in [7, 11) is 0. The lowest BCUT2D eigenvalue weighted by molar-refractivity contribution is 0.661. The van der Waals surface area contributed by atoms with E-state index >= 15 is 0 Å². The van der Waals surface area contributed by atoms with Gasteiger partial charge >= 0.3 is 0 Å². The molecule has 0 saturated carbocycles. The minimum Gasteiger partial charge on any atom is -0.244 e. The molecule has 0 bridgehead atoms. The van der Waals surface area contributed by atoms with Crippen molar-refractivity contribution in [3.8, 4) is 33.6 Å². The summed E-state index contributed by atoms with van der Waals surface area (Å²) < 4.78 is 0. The summed E-state index contributed by atoms with van der Waals surface area (Å²) in [5, 5.41) is 7.65. The van der Waals surface area contributed by atoms with Gasteiger partial charge in [-0.2, -0.15) is 0 Å². The molecular formula is C41H28N2. The van der Waals surface area contributed by atoms with Crippen molar-refractivity contribution >= 4 is 43.4 Å². The molecule has 0 saturated heterocycles. The first kappa shape index (κ1) is 24.3. The van der Waals surface area contributed by atoms with Crippen LogP contribution in [0.1, 0.15) is 25.0 Å². The highest BCUT2D eigenvalue weighted by molar-refractivity contribution is 6.23. The van der Waals surface area contributed by atoms with Gasteiger partial charge < -0.3 is 0 Å². The van der Waals surface area contributed by atoms with E-state index in [1.165, 1.54) is 54.6 Å². The quantitative estimate of drug-likeness (QED) is 0.201. The molecule has 0 radical (unpaired) electrons. The van der Waals surface area contributed by atoms with Crippen LogP contribution in [0.2, 0.25) is 0 Å². The zero-order valence-electron chi connectivity index (χ0n) is 24.1. The van der Waals surface area contributed by atoms with Gasteiger partial charge in [-0.1, -0.05) is 129 Å². The maximum atomic E-state index is 5.15. The van der Waals surface area contributed by atoms with Crippen LogP contribution in [0.3, 0.4) is 0 Å². The number of aromatic nitrogens is 2. The van der Waals surface area contributed by atoms with Crippen molar-refractivity contribution in [2.45, 2.75) is 19.3 Å². The molecule has 1 aliphatic carbocycles. The number of rotatable bonds is 2. The maximum Gasteiger partial charge on any atom is 0.0973 e. The van der Waals surface area contributed by atoms with Crippen molar-refractivity contribution in [2.75, 3.05) is 0 Å². The topological polar surface area (TPSA) is 25.8 Å². The van der Waals surface area contributed by atoms with Crippen LogP contribution >= 0.6 is 0 Å². The SMILES string of the molecule is CC1(C)c2ccccc2-c2c1ccc1c2ccc2ccc3cc(-c4nc5ccccc5nc4-c4ccccc4)ccc3c21. The molecule has 0 atom stereocenters. The van der Waals surface area contributed by atoms with Gasteiger partial charge in [-0.25, -0.2) is 9.97 Å². The number of hydrogen-bond acceptors (Lipinski definition) is 2. The van der Waals surface area contributed by atoms with Gasteiger partial charge in [-0.3, -0.25) is 0 Å². The van der Waals surface area contributed by atoms with E-state index < -0.39 is 0 Å². The van der Waals surface area contributed by atoms with Crippen LogP contribution in [0, 0.1) is 0 Å². The van der Waals surface area contributed by atoms with Gasteiger partial charge in [0.05, 0.1) is 22.4 Å². The molecule has 2 heteroatoms. The Bertz CT molecular complexity index is 2420. The summed E-state index contributed by atoms with van der Waals surface area (Å²) >= 11 is 0. The van der Waals surface area contributed by atoms with Crippen LogP contribution in [0.25, 0.3) is 77.0 Å². The molecule has 8 aromatic rings. The number of fused-ring (bicyclic) bond motifs is 10. The Kier molecular flexibility index (Phi) is 4.99. The zero-order chi connectivity index (χ0) is 28.7. The fourth-order valence-corrected chi connectivity index (χ4v) is 7.32. The minimum absolute atomic E-state index is 0.0138. The standard InChI is InChI=1S/C41H28N2/c1-41(2)33-13-7-6-12-32(33)38-31-21-18-25-16-17-27-24-28(19-20-29(27)37(25)30(31)22-23-34(38)41)40-39(26-10-4-3-5-11-26)42-35-14-8-9-15-36(35)43-40/h3-24H,1-2H3. The van der Waals surface area contributed by atoms with Crippen LogP contribution in [0.5, 0.6) is 0 Å². The second-order valence-corrected chi connectivity index (χ2v) is 12.2. The highest BCUT2D eigenvalue weighted by atomic mass is 14.8. The molecule has 43 heavy (non-hydrogen) atoms. The third-order valence-electron chi connectivity index (χ3n) is 9.43. The van der Waals surface area contributed by atoms with E-state index in [9.17, 15) is 0 Å². The molecule has 0 aliphatic heterocycles. The highest BCUT2D eigenvalue weighted by Gasteiger charge is 2.36. The predicted molar refractivity (Wildman–Crippen MR) is 180 cm³/mol. The Hall–Kier alpha value is -5.34. The number of nitrogens with zero attached hydrogens (tertiary/aromatic N) is 2.